The highest BCUT2D eigenvalue weighted by atomic mass is 35.5. The van der Waals surface area contributed by atoms with Crippen molar-refractivity contribution in [2.24, 2.45) is 22.7 Å². The third-order valence-electron chi connectivity index (χ3n) is 8.13. The molecular weight excluding hydrogens is 538 g/mol. The molecule has 2 aliphatic rings. The Balaban J connectivity index is 1.49. The van der Waals surface area contributed by atoms with Crippen molar-refractivity contribution >= 4 is 29.1 Å². The molecule has 2 unspecified atom stereocenters. The van der Waals surface area contributed by atoms with Gasteiger partial charge < -0.3 is 10.2 Å². The highest BCUT2D eigenvalue weighted by molar-refractivity contribution is 6.47. The summed E-state index contributed by atoms with van der Waals surface area (Å²) >= 11 is 6.34. The molecule has 2 amide bonds. The number of aromatic nitrogens is 4. The van der Waals surface area contributed by atoms with Gasteiger partial charge in [0.2, 0.25) is 0 Å². The van der Waals surface area contributed by atoms with E-state index in [0.717, 1.165) is 43.2 Å². The number of amides is 2. The van der Waals surface area contributed by atoms with Gasteiger partial charge in [0.25, 0.3) is 11.8 Å². The van der Waals surface area contributed by atoms with Gasteiger partial charge in [-0.1, -0.05) is 68.8 Å². The summed E-state index contributed by atoms with van der Waals surface area (Å²) in [6, 6.07) is 14.8. The van der Waals surface area contributed by atoms with Crippen molar-refractivity contribution < 1.29 is 9.59 Å². The van der Waals surface area contributed by atoms with E-state index >= 15 is 0 Å². The molecule has 10 heteroatoms. The summed E-state index contributed by atoms with van der Waals surface area (Å²) < 4.78 is 0. The van der Waals surface area contributed by atoms with E-state index in [1.165, 1.54) is 0 Å². The molecule has 3 atom stereocenters. The second-order valence-electron chi connectivity index (χ2n) is 12.1. The number of H-pyrrole nitrogens is 1. The summed E-state index contributed by atoms with van der Waals surface area (Å²) in [5.74, 6) is 1.48. The van der Waals surface area contributed by atoms with Crippen molar-refractivity contribution in [2.45, 2.75) is 78.0 Å². The molecule has 2 N–H and O–H groups in total. The summed E-state index contributed by atoms with van der Waals surface area (Å²) in [6.07, 6.45) is 4.52. The number of carbonyl (C=O) groups is 2. The Morgan fingerprint density at radius 2 is 1.85 bits per heavy atom. The normalized spacial score (nSPS) is 23.2. The van der Waals surface area contributed by atoms with Crippen LogP contribution in [0.2, 0.25) is 5.02 Å². The minimum absolute atomic E-state index is 0.0516. The van der Waals surface area contributed by atoms with E-state index < -0.39 is 5.66 Å². The molecule has 1 spiro atoms. The van der Waals surface area contributed by atoms with Crippen LogP contribution in [0.4, 0.5) is 0 Å². The zero-order chi connectivity index (χ0) is 29.1. The topological polar surface area (TPSA) is 116 Å². The monoisotopic (exact) mass is 575 g/mol. The molecule has 0 saturated heterocycles. The average molecular weight is 576 g/mol. The molecule has 216 valence electrons. The smallest absolute Gasteiger partial charge is 0.275 e. The largest absolute Gasteiger partial charge is 0.345 e. The molecule has 0 radical (unpaired) electrons. The molecule has 1 aromatic heterocycles. The molecular formula is C31H38ClN7O2. The van der Waals surface area contributed by atoms with Crippen LogP contribution in [0.3, 0.4) is 0 Å². The molecule has 3 aromatic rings. The molecule has 2 heterocycles. The first-order valence-electron chi connectivity index (χ1n) is 14.4. The van der Waals surface area contributed by atoms with Crippen LogP contribution in [0.15, 0.2) is 53.5 Å². The Kier molecular flexibility index (Phi) is 8.54. The van der Waals surface area contributed by atoms with Crippen molar-refractivity contribution in [3.63, 3.8) is 0 Å². The number of carbonyl (C=O) groups excluding carboxylic acids is 2. The van der Waals surface area contributed by atoms with Crippen LogP contribution in [0.25, 0.3) is 0 Å². The zero-order valence-corrected chi connectivity index (χ0v) is 24.9. The lowest BCUT2D eigenvalue weighted by Crippen LogP contribution is -2.52. The standard InChI is InChI=1S/C31H38ClN7O2/c1-19(2)8-13-26(22-9-11-23(12-10-22)29(40)33-18-27-35-37-38-36-27)39-30(41)28(24-6-5-7-25(32)15-24)34-31(39)16-20(3)14-21(4)17-31/h5-7,9-12,15,19-21,26H,8,13-14,16-18H2,1-4H3,(H,33,40)(H,35,36,37,38)/t20?,21?,26-,31?/m1/s1. The third-order valence-corrected chi connectivity index (χ3v) is 8.36. The average Bonchev–Trinajstić information content (AvgIpc) is 3.54. The van der Waals surface area contributed by atoms with Gasteiger partial charge in [-0.25, -0.2) is 0 Å². The van der Waals surface area contributed by atoms with Crippen LogP contribution < -0.4 is 5.32 Å². The van der Waals surface area contributed by atoms with Gasteiger partial charge in [-0.2, -0.15) is 5.21 Å². The van der Waals surface area contributed by atoms with Gasteiger partial charge in [0.05, 0.1) is 12.6 Å². The summed E-state index contributed by atoms with van der Waals surface area (Å²) in [5.41, 5.74) is 2.15. The highest BCUT2D eigenvalue weighted by Crippen LogP contribution is 2.48. The van der Waals surface area contributed by atoms with E-state index in [-0.39, 0.29) is 24.4 Å². The van der Waals surface area contributed by atoms with Crippen LogP contribution in [0.1, 0.15) is 93.2 Å². The Bertz CT molecular complexity index is 1390. The molecule has 5 rings (SSSR count). The number of halogens is 1. The van der Waals surface area contributed by atoms with E-state index in [1.54, 1.807) is 0 Å². The van der Waals surface area contributed by atoms with Gasteiger partial charge in [-0.15, -0.1) is 10.2 Å². The van der Waals surface area contributed by atoms with Crippen molar-refractivity contribution in [3.8, 4) is 0 Å². The van der Waals surface area contributed by atoms with Crippen molar-refractivity contribution in [1.82, 2.24) is 30.8 Å². The maximum Gasteiger partial charge on any atom is 0.275 e. The summed E-state index contributed by atoms with van der Waals surface area (Å²) in [6.45, 7) is 9.11. The number of nitrogens with one attached hydrogen (secondary N) is 2. The minimum Gasteiger partial charge on any atom is -0.345 e. The Labute approximate surface area is 246 Å². The number of tetrazole rings is 1. The zero-order valence-electron chi connectivity index (χ0n) is 24.1. The summed E-state index contributed by atoms with van der Waals surface area (Å²) in [7, 11) is 0. The van der Waals surface area contributed by atoms with Crippen LogP contribution in [-0.2, 0) is 11.3 Å². The van der Waals surface area contributed by atoms with E-state index in [4.69, 9.17) is 16.6 Å². The second-order valence-corrected chi connectivity index (χ2v) is 12.5. The van der Waals surface area contributed by atoms with Crippen LogP contribution in [0.5, 0.6) is 0 Å². The SMILES string of the molecule is CC(C)CC[C@H](c1ccc(C(=O)NCc2nn[nH]n2)cc1)N1C(=O)C(c2cccc(Cl)c2)=NC12CC(C)CC(C)C2. The Morgan fingerprint density at radius 1 is 1.12 bits per heavy atom. The maximum atomic E-state index is 14.4. The lowest BCUT2D eigenvalue weighted by molar-refractivity contribution is -0.134. The Hall–Kier alpha value is -3.59. The van der Waals surface area contributed by atoms with Crippen molar-refractivity contribution in [1.29, 1.82) is 0 Å². The maximum absolute atomic E-state index is 14.4. The fourth-order valence-corrected chi connectivity index (χ4v) is 6.71. The second kappa shape index (κ2) is 12.1. The molecule has 1 aliphatic carbocycles. The molecule has 1 saturated carbocycles. The predicted molar refractivity (Wildman–Crippen MR) is 158 cm³/mol. The van der Waals surface area contributed by atoms with Gasteiger partial charge in [0.1, 0.15) is 11.4 Å². The third kappa shape index (κ3) is 6.35. The molecule has 2 aromatic carbocycles. The van der Waals surface area contributed by atoms with E-state index in [0.29, 0.717) is 39.9 Å². The summed E-state index contributed by atoms with van der Waals surface area (Å²) in [5, 5.41) is 17.0. The minimum atomic E-state index is -0.617. The van der Waals surface area contributed by atoms with Crippen LogP contribution in [0, 0.1) is 17.8 Å². The van der Waals surface area contributed by atoms with E-state index in [9.17, 15) is 9.59 Å². The van der Waals surface area contributed by atoms with Gasteiger partial charge in [0, 0.05) is 16.1 Å². The number of nitrogens with zero attached hydrogens (tertiary/aromatic N) is 5. The summed E-state index contributed by atoms with van der Waals surface area (Å²) in [4.78, 5) is 34.5. The fraction of sp³-hybridized carbons (Fsp3) is 0.484. The quantitative estimate of drug-likeness (QED) is 0.337. The first-order chi connectivity index (χ1) is 19.6. The molecule has 0 bridgehead atoms. The first-order valence-corrected chi connectivity index (χ1v) is 14.8. The van der Waals surface area contributed by atoms with E-state index in [1.807, 2.05) is 48.5 Å². The van der Waals surface area contributed by atoms with Gasteiger partial charge in [-0.3, -0.25) is 14.6 Å². The molecule has 9 nitrogen and oxygen atoms in total. The van der Waals surface area contributed by atoms with Crippen molar-refractivity contribution in [3.05, 3.63) is 76.1 Å². The van der Waals surface area contributed by atoms with Gasteiger partial charge in [-0.05, 0) is 79.7 Å². The lowest BCUT2D eigenvalue weighted by Gasteiger charge is -2.47. The predicted octanol–water partition coefficient (Wildman–Crippen LogP) is 5.74. The molecule has 41 heavy (non-hydrogen) atoms. The molecule has 1 fully saturated rings. The van der Waals surface area contributed by atoms with E-state index in [2.05, 4.69) is 58.5 Å². The number of rotatable bonds is 9. The number of aliphatic imine (C=N–C) groups is 1. The number of aromatic amines is 1. The highest BCUT2D eigenvalue weighted by Gasteiger charge is 2.53. The fourth-order valence-electron chi connectivity index (χ4n) is 6.52. The number of benzene rings is 2. The number of hydrogen-bond donors (Lipinski definition) is 2. The van der Waals surface area contributed by atoms with Gasteiger partial charge in [0.15, 0.2) is 5.82 Å². The Morgan fingerprint density at radius 3 is 2.49 bits per heavy atom. The van der Waals surface area contributed by atoms with Crippen molar-refractivity contribution in [2.75, 3.05) is 0 Å². The van der Waals surface area contributed by atoms with Crippen LogP contribution >= 0.6 is 11.6 Å². The number of hydrogen-bond acceptors (Lipinski definition) is 6. The van der Waals surface area contributed by atoms with Gasteiger partial charge >= 0.3 is 0 Å². The van der Waals surface area contributed by atoms with Crippen LogP contribution in [-0.4, -0.2) is 48.7 Å². The first kappa shape index (κ1) is 28.9. The molecule has 1 aliphatic heterocycles. The lowest BCUT2D eigenvalue weighted by atomic mass is 9.75.